The van der Waals surface area contributed by atoms with E-state index in [1.165, 1.54) is 30.2 Å². The van der Waals surface area contributed by atoms with Crippen LogP contribution in [0.15, 0.2) is 36.4 Å². The quantitative estimate of drug-likeness (QED) is 0.644. The SMILES string of the molecule is Cc1ccc(C(F)(F)F)cc1Oc1ccc2c(c1)C1(CCCC1)CN2C. The van der Waals surface area contributed by atoms with Crippen LogP contribution in [0.5, 0.6) is 11.5 Å². The highest BCUT2D eigenvalue weighted by atomic mass is 19.4. The number of likely N-dealkylation sites (N-methyl/N-ethyl adjacent to an activating group) is 1. The molecule has 1 spiro atoms. The van der Waals surface area contributed by atoms with E-state index in [0.717, 1.165) is 31.5 Å². The first-order valence-electron chi connectivity index (χ1n) is 9.00. The van der Waals surface area contributed by atoms with E-state index in [1.54, 1.807) is 6.92 Å². The molecule has 1 saturated carbocycles. The van der Waals surface area contributed by atoms with Gasteiger partial charge in [0.1, 0.15) is 11.5 Å². The van der Waals surface area contributed by atoms with Gasteiger partial charge in [0.05, 0.1) is 5.56 Å². The number of halogens is 3. The molecule has 0 saturated heterocycles. The molecular weight excluding hydrogens is 339 g/mol. The van der Waals surface area contributed by atoms with Crippen LogP contribution in [0, 0.1) is 6.92 Å². The third kappa shape index (κ3) is 2.83. The highest BCUT2D eigenvalue weighted by Gasteiger charge is 2.43. The molecular formula is C21H22F3NO. The van der Waals surface area contributed by atoms with Crippen LogP contribution in [-0.4, -0.2) is 13.6 Å². The molecule has 26 heavy (non-hydrogen) atoms. The Hall–Kier alpha value is -2.17. The van der Waals surface area contributed by atoms with Gasteiger partial charge in [0.15, 0.2) is 0 Å². The zero-order chi connectivity index (χ0) is 18.5. The van der Waals surface area contributed by atoms with Gasteiger partial charge in [0.25, 0.3) is 0 Å². The van der Waals surface area contributed by atoms with E-state index in [9.17, 15) is 13.2 Å². The molecule has 0 atom stereocenters. The normalized spacial score (nSPS) is 18.4. The minimum atomic E-state index is -4.37. The summed E-state index contributed by atoms with van der Waals surface area (Å²) in [5.74, 6) is 0.861. The Kier molecular flexibility index (Phi) is 3.94. The van der Waals surface area contributed by atoms with Crippen molar-refractivity contribution in [2.45, 2.75) is 44.2 Å². The summed E-state index contributed by atoms with van der Waals surface area (Å²) in [6.45, 7) is 2.77. The van der Waals surface area contributed by atoms with E-state index in [0.29, 0.717) is 11.3 Å². The molecule has 138 valence electrons. The average molecular weight is 361 g/mol. The van der Waals surface area contributed by atoms with Crippen molar-refractivity contribution >= 4 is 5.69 Å². The highest BCUT2D eigenvalue weighted by molar-refractivity contribution is 5.64. The van der Waals surface area contributed by atoms with Gasteiger partial charge in [0, 0.05) is 24.7 Å². The van der Waals surface area contributed by atoms with Crippen LogP contribution in [-0.2, 0) is 11.6 Å². The van der Waals surface area contributed by atoms with Gasteiger partial charge in [-0.05, 0) is 61.2 Å². The molecule has 1 fully saturated rings. The van der Waals surface area contributed by atoms with Gasteiger partial charge in [-0.2, -0.15) is 13.2 Å². The molecule has 0 aromatic heterocycles. The number of hydrogen-bond acceptors (Lipinski definition) is 2. The number of alkyl halides is 3. The second-order valence-electron chi connectivity index (χ2n) is 7.60. The summed E-state index contributed by atoms with van der Waals surface area (Å²) in [4.78, 5) is 2.28. The molecule has 1 heterocycles. The lowest BCUT2D eigenvalue weighted by atomic mass is 9.81. The van der Waals surface area contributed by atoms with Crippen LogP contribution >= 0.6 is 0 Å². The summed E-state index contributed by atoms with van der Waals surface area (Å²) < 4.78 is 44.9. The number of nitrogens with zero attached hydrogens (tertiary/aromatic N) is 1. The van der Waals surface area contributed by atoms with Gasteiger partial charge in [-0.1, -0.05) is 18.9 Å². The third-order valence-corrected chi connectivity index (χ3v) is 5.79. The largest absolute Gasteiger partial charge is 0.457 e. The third-order valence-electron chi connectivity index (χ3n) is 5.79. The van der Waals surface area contributed by atoms with Crippen LogP contribution in [0.25, 0.3) is 0 Å². The molecule has 2 aromatic rings. The zero-order valence-corrected chi connectivity index (χ0v) is 15.0. The van der Waals surface area contributed by atoms with Crippen molar-refractivity contribution in [1.82, 2.24) is 0 Å². The van der Waals surface area contributed by atoms with E-state index < -0.39 is 11.7 Å². The van der Waals surface area contributed by atoms with Crippen molar-refractivity contribution in [2.75, 3.05) is 18.5 Å². The first-order valence-corrected chi connectivity index (χ1v) is 9.00. The summed E-state index contributed by atoms with van der Waals surface area (Å²) in [5, 5.41) is 0. The van der Waals surface area contributed by atoms with Crippen molar-refractivity contribution in [3.63, 3.8) is 0 Å². The van der Waals surface area contributed by atoms with E-state index in [4.69, 9.17) is 4.74 Å². The topological polar surface area (TPSA) is 12.5 Å². The van der Waals surface area contributed by atoms with Crippen LogP contribution in [0.3, 0.4) is 0 Å². The fraction of sp³-hybridized carbons (Fsp3) is 0.429. The van der Waals surface area contributed by atoms with Crippen LogP contribution < -0.4 is 9.64 Å². The first kappa shape index (κ1) is 17.3. The molecule has 0 unspecified atom stereocenters. The van der Waals surface area contributed by atoms with Crippen LogP contribution in [0.1, 0.15) is 42.4 Å². The molecule has 0 radical (unpaired) electrons. The zero-order valence-electron chi connectivity index (χ0n) is 15.0. The Morgan fingerprint density at radius 3 is 2.46 bits per heavy atom. The molecule has 0 amide bonds. The molecule has 4 rings (SSSR count). The first-order chi connectivity index (χ1) is 12.3. The van der Waals surface area contributed by atoms with Gasteiger partial charge in [-0.15, -0.1) is 0 Å². The van der Waals surface area contributed by atoms with Crippen molar-refractivity contribution in [2.24, 2.45) is 0 Å². The fourth-order valence-electron chi connectivity index (χ4n) is 4.45. The monoisotopic (exact) mass is 361 g/mol. The predicted molar refractivity (Wildman–Crippen MR) is 96.1 cm³/mol. The Balaban J connectivity index is 1.69. The summed E-state index contributed by atoms with van der Waals surface area (Å²) in [6, 6.07) is 9.54. The molecule has 2 nitrogen and oxygen atoms in total. The predicted octanol–water partition coefficient (Wildman–Crippen LogP) is 6.07. The van der Waals surface area contributed by atoms with E-state index in [2.05, 4.69) is 11.9 Å². The average Bonchev–Trinajstić information content (AvgIpc) is 3.15. The van der Waals surface area contributed by atoms with E-state index in [-0.39, 0.29) is 11.2 Å². The maximum atomic E-state index is 13.0. The van der Waals surface area contributed by atoms with Gasteiger partial charge in [0.2, 0.25) is 0 Å². The summed E-state index contributed by atoms with van der Waals surface area (Å²) in [7, 11) is 2.10. The van der Waals surface area contributed by atoms with Gasteiger partial charge < -0.3 is 9.64 Å². The second-order valence-corrected chi connectivity index (χ2v) is 7.60. The van der Waals surface area contributed by atoms with E-state index in [1.807, 2.05) is 18.2 Å². The lowest BCUT2D eigenvalue weighted by Crippen LogP contribution is -2.28. The van der Waals surface area contributed by atoms with Crippen molar-refractivity contribution in [3.8, 4) is 11.5 Å². The molecule has 2 aliphatic rings. The van der Waals surface area contributed by atoms with Crippen LogP contribution in [0.2, 0.25) is 0 Å². The maximum absolute atomic E-state index is 13.0. The smallest absolute Gasteiger partial charge is 0.416 e. The van der Waals surface area contributed by atoms with Crippen LogP contribution in [0.4, 0.5) is 18.9 Å². The van der Waals surface area contributed by atoms with Gasteiger partial charge in [-0.25, -0.2) is 0 Å². The molecule has 1 aliphatic heterocycles. The number of hydrogen-bond donors (Lipinski definition) is 0. The maximum Gasteiger partial charge on any atom is 0.416 e. The summed E-state index contributed by atoms with van der Waals surface area (Å²) in [5.41, 5.74) is 2.66. The van der Waals surface area contributed by atoms with E-state index >= 15 is 0 Å². The van der Waals surface area contributed by atoms with Gasteiger partial charge in [-0.3, -0.25) is 0 Å². The highest BCUT2D eigenvalue weighted by Crippen LogP contribution is 2.51. The fourth-order valence-corrected chi connectivity index (χ4v) is 4.45. The second kappa shape index (κ2) is 5.93. The summed E-state index contributed by atoms with van der Waals surface area (Å²) in [6.07, 6.45) is 0.406. The Bertz CT molecular complexity index is 838. The number of rotatable bonds is 2. The lowest BCUT2D eigenvalue weighted by Gasteiger charge is -2.24. The number of fused-ring (bicyclic) bond motifs is 2. The Morgan fingerprint density at radius 2 is 1.77 bits per heavy atom. The van der Waals surface area contributed by atoms with Crippen molar-refractivity contribution in [3.05, 3.63) is 53.1 Å². The Labute approximate surface area is 151 Å². The molecule has 0 bridgehead atoms. The molecule has 1 aliphatic carbocycles. The Morgan fingerprint density at radius 1 is 1.04 bits per heavy atom. The number of anilines is 1. The van der Waals surface area contributed by atoms with Gasteiger partial charge >= 0.3 is 6.18 Å². The lowest BCUT2D eigenvalue weighted by molar-refractivity contribution is -0.137. The van der Waals surface area contributed by atoms with Crippen molar-refractivity contribution in [1.29, 1.82) is 0 Å². The molecule has 0 N–H and O–H groups in total. The molecule has 2 aromatic carbocycles. The minimum Gasteiger partial charge on any atom is -0.457 e. The number of benzene rings is 2. The standard InChI is InChI=1S/C21H22F3NO/c1-14-5-6-15(21(22,23)24)11-19(14)26-16-7-8-18-17(12-16)20(13-25(18)2)9-3-4-10-20/h5-8,11-12H,3-4,9-10,13H2,1-2H3. The number of ether oxygens (including phenoxy) is 1. The minimum absolute atomic E-state index is 0.173. The summed E-state index contributed by atoms with van der Waals surface area (Å²) >= 11 is 0. The number of aryl methyl sites for hydroxylation is 1. The molecule has 5 heteroatoms. The van der Waals surface area contributed by atoms with Crippen molar-refractivity contribution < 1.29 is 17.9 Å².